The van der Waals surface area contributed by atoms with Crippen molar-refractivity contribution in [2.75, 3.05) is 5.32 Å². The van der Waals surface area contributed by atoms with Gasteiger partial charge in [-0.05, 0) is 44.5 Å². The summed E-state index contributed by atoms with van der Waals surface area (Å²) in [6.45, 7) is 5.31. The van der Waals surface area contributed by atoms with Crippen LogP contribution < -0.4 is 10.6 Å². The minimum absolute atomic E-state index is 0.130. The fourth-order valence-electron chi connectivity index (χ4n) is 2.54. The van der Waals surface area contributed by atoms with Crippen molar-refractivity contribution in [3.63, 3.8) is 0 Å². The van der Waals surface area contributed by atoms with Gasteiger partial charge in [0, 0.05) is 30.0 Å². The second kappa shape index (κ2) is 8.48. The molecule has 2 aromatic rings. The van der Waals surface area contributed by atoms with E-state index < -0.39 is 23.4 Å². The van der Waals surface area contributed by atoms with Crippen LogP contribution in [0, 0.1) is 24.1 Å². The summed E-state index contributed by atoms with van der Waals surface area (Å²) >= 11 is 0. The number of nitrogens with one attached hydrogen (secondary N) is 2. The topological polar surface area (TPSA) is 104 Å². The molecule has 2 rings (SSSR count). The summed E-state index contributed by atoms with van der Waals surface area (Å²) in [5.41, 5.74) is 0.791. The molecule has 0 aliphatic carbocycles. The fourth-order valence-corrected chi connectivity index (χ4v) is 2.54. The lowest BCUT2D eigenvalue weighted by atomic mass is 10.1. The summed E-state index contributed by atoms with van der Waals surface area (Å²) in [5, 5.41) is 14.1. The predicted molar refractivity (Wildman–Crippen MR) is 101 cm³/mol. The fraction of sp³-hybridized carbons (Fsp3) is 0.300. The number of hydrogen-bond donors (Lipinski definition) is 2. The van der Waals surface area contributed by atoms with E-state index in [1.807, 2.05) is 6.92 Å². The minimum Gasteiger partial charge on any atom is -0.347 e. The molecule has 0 aliphatic rings. The monoisotopic (exact) mass is 384 g/mol. The number of hydrogen-bond acceptors (Lipinski definition) is 4. The van der Waals surface area contributed by atoms with Gasteiger partial charge in [-0.1, -0.05) is 6.92 Å². The number of nitrogens with zero attached hydrogens (tertiary/aromatic N) is 2. The van der Waals surface area contributed by atoms with Crippen molar-refractivity contribution in [1.82, 2.24) is 9.88 Å². The molecule has 0 saturated carbocycles. The molecular formula is C20H21FN4O3. The van der Waals surface area contributed by atoms with Crippen LogP contribution in [0.4, 0.5) is 10.1 Å². The average molecular weight is 384 g/mol. The Morgan fingerprint density at radius 2 is 1.96 bits per heavy atom. The molecule has 0 saturated heterocycles. The van der Waals surface area contributed by atoms with Gasteiger partial charge in [0.2, 0.25) is 0 Å². The molecule has 2 amide bonds. The van der Waals surface area contributed by atoms with E-state index in [4.69, 9.17) is 5.26 Å². The number of nitriles is 1. The number of carbonyl (C=O) groups excluding carboxylic acids is 3. The third-order valence-corrected chi connectivity index (χ3v) is 4.55. The maximum atomic E-state index is 13.4. The molecule has 28 heavy (non-hydrogen) atoms. The second-order valence-corrected chi connectivity index (χ2v) is 6.46. The van der Waals surface area contributed by atoms with Crippen LogP contribution in [0.25, 0.3) is 0 Å². The lowest BCUT2D eigenvalue weighted by molar-refractivity contribution is -0.117. The van der Waals surface area contributed by atoms with Crippen LogP contribution in [0.5, 0.6) is 0 Å². The number of ketones is 1. The molecule has 1 atom stereocenters. The van der Waals surface area contributed by atoms with Gasteiger partial charge in [-0.2, -0.15) is 5.26 Å². The third-order valence-electron chi connectivity index (χ3n) is 4.55. The maximum Gasteiger partial charge on any atom is 0.292 e. The van der Waals surface area contributed by atoms with Crippen molar-refractivity contribution >= 4 is 23.3 Å². The first-order valence-electron chi connectivity index (χ1n) is 8.72. The number of carbonyl (C=O) groups is 3. The molecule has 1 unspecified atom stereocenters. The zero-order valence-electron chi connectivity index (χ0n) is 16.1. The highest BCUT2D eigenvalue weighted by molar-refractivity contribution is 6.43. The van der Waals surface area contributed by atoms with E-state index in [0.717, 1.165) is 6.07 Å². The highest BCUT2D eigenvalue weighted by Gasteiger charge is 2.25. The quantitative estimate of drug-likeness (QED) is 0.590. The number of amides is 2. The Kier molecular flexibility index (Phi) is 6.31. The van der Waals surface area contributed by atoms with E-state index in [9.17, 15) is 18.8 Å². The Morgan fingerprint density at radius 1 is 1.29 bits per heavy atom. The van der Waals surface area contributed by atoms with Crippen LogP contribution in [-0.4, -0.2) is 28.2 Å². The molecule has 0 fully saturated rings. The first kappa shape index (κ1) is 20.8. The van der Waals surface area contributed by atoms with Crippen LogP contribution in [0.1, 0.15) is 52.4 Å². The molecule has 1 aromatic carbocycles. The SMILES string of the molecule is CCC(C)NC(=O)C(=O)c1cc(C(=O)Nc2ccc(F)c(C#N)c2)n(C)c1C. The van der Waals surface area contributed by atoms with Crippen LogP contribution in [0.3, 0.4) is 0 Å². The number of halogens is 1. The molecule has 0 aliphatic heterocycles. The molecule has 2 N–H and O–H groups in total. The Bertz CT molecular complexity index is 988. The van der Waals surface area contributed by atoms with Gasteiger partial charge in [0.25, 0.3) is 17.6 Å². The average Bonchev–Trinajstić information content (AvgIpc) is 2.97. The smallest absolute Gasteiger partial charge is 0.292 e. The summed E-state index contributed by atoms with van der Waals surface area (Å²) < 4.78 is 14.9. The van der Waals surface area contributed by atoms with Crippen molar-refractivity contribution in [2.24, 2.45) is 7.05 Å². The summed E-state index contributed by atoms with van der Waals surface area (Å²) in [6, 6.07) is 6.53. The van der Waals surface area contributed by atoms with Gasteiger partial charge < -0.3 is 15.2 Å². The third kappa shape index (κ3) is 4.26. The zero-order chi connectivity index (χ0) is 21.0. The number of aromatic nitrogens is 1. The van der Waals surface area contributed by atoms with Crippen molar-refractivity contribution in [3.8, 4) is 6.07 Å². The molecule has 146 valence electrons. The van der Waals surface area contributed by atoms with Crippen LogP contribution in [-0.2, 0) is 11.8 Å². The summed E-state index contributed by atoms with van der Waals surface area (Å²) in [7, 11) is 1.60. The van der Waals surface area contributed by atoms with Crippen LogP contribution in [0.15, 0.2) is 24.3 Å². The maximum absolute atomic E-state index is 13.4. The minimum atomic E-state index is -0.729. The standard InChI is InChI=1S/C20H21FN4O3/c1-5-11(2)23-20(28)18(26)15-9-17(25(4)12(15)3)19(27)24-14-6-7-16(21)13(8-14)10-22/h6-9,11H,5H2,1-4H3,(H,23,28)(H,24,27). The van der Waals surface area contributed by atoms with E-state index in [1.54, 1.807) is 27.0 Å². The Balaban J connectivity index is 2.27. The molecule has 0 spiro atoms. The van der Waals surface area contributed by atoms with Crippen molar-refractivity contribution in [2.45, 2.75) is 33.2 Å². The van der Waals surface area contributed by atoms with Crippen molar-refractivity contribution in [3.05, 3.63) is 52.6 Å². The summed E-state index contributed by atoms with van der Waals surface area (Å²) in [5.74, 6) is -2.69. The van der Waals surface area contributed by atoms with Crippen molar-refractivity contribution in [1.29, 1.82) is 5.26 Å². The Morgan fingerprint density at radius 3 is 2.57 bits per heavy atom. The van der Waals surface area contributed by atoms with Crippen LogP contribution in [0.2, 0.25) is 0 Å². The predicted octanol–water partition coefficient (Wildman–Crippen LogP) is 2.69. The molecule has 8 heteroatoms. The molecule has 0 radical (unpaired) electrons. The molecule has 7 nitrogen and oxygen atoms in total. The van der Waals surface area contributed by atoms with E-state index in [0.29, 0.717) is 12.1 Å². The van der Waals surface area contributed by atoms with Gasteiger partial charge in [-0.3, -0.25) is 14.4 Å². The van der Waals surface area contributed by atoms with Gasteiger partial charge in [0.05, 0.1) is 5.56 Å². The first-order chi connectivity index (χ1) is 13.2. The lowest BCUT2D eigenvalue weighted by Crippen LogP contribution is -2.37. The molecular weight excluding hydrogens is 363 g/mol. The van der Waals surface area contributed by atoms with Gasteiger partial charge in [0.1, 0.15) is 17.6 Å². The highest BCUT2D eigenvalue weighted by Crippen LogP contribution is 2.19. The molecule has 0 bridgehead atoms. The molecule has 1 heterocycles. The van der Waals surface area contributed by atoms with Gasteiger partial charge in [0.15, 0.2) is 0 Å². The van der Waals surface area contributed by atoms with Gasteiger partial charge in [-0.25, -0.2) is 4.39 Å². The van der Waals surface area contributed by atoms with Gasteiger partial charge >= 0.3 is 0 Å². The number of benzene rings is 1. The summed E-state index contributed by atoms with van der Waals surface area (Å²) in [6.07, 6.45) is 0.683. The second-order valence-electron chi connectivity index (χ2n) is 6.46. The largest absolute Gasteiger partial charge is 0.347 e. The van der Waals surface area contributed by atoms with Crippen molar-refractivity contribution < 1.29 is 18.8 Å². The zero-order valence-corrected chi connectivity index (χ0v) is 16.1. The Labute approximate surface area is 162 Å². The van der Waals surface area contributed by atoms with E-state index >= 15 is 0 Å². The van der Waals surface area contributed by atoms with E-state index in [1.165, 1.54) is 22.8 Å². The highest BCUT2D eigenvalue weighted by atomic mass is 19.1. The van der Waals surface area contributed by atoms with Gasteiger partial charge in [-0.15, -0.1) is 0 Å². The van der Waals surface area contributed by atoms with E-state index in [2.05, 4.69) is 10.6 Å². The number of anilines is 1. The summed E-state index contributed by atoms with van der Waals surface area (Å²) in [4.78, 5) is 37.1. The first-order valence-corrected chi connectivity index (χ1v) is 8.72. The normalized spacial score (nSPS) is 11.4. The number of Topliss-reactive ketones (excluding diaryl/α,β-unsaturated/α-hetero) is 1. The molecule has 1 aromatic heterocycles. The Hall–Kier alpha value is -3.47. The number of rotatable bonds is 6. The van der Waals surface area contributed by atoms with Crippen LogP contribution >= 0.6 is 0 Å². The van der Waals surface area contributed by atoms with E-state index in [-0.39, 0.29) is 28.6 Å². The lowest BCUT2D eigenvalue weighted by Gasteiger charge is -2.10.